The van der Waals surface area contributed by atoms with Gasteiger partial charge in [-0.05, 0) is 67.7 Å². The van der Waals surface area contributed by atoms with E-state index in [4.69, 9.17) is 4.74 Å². The normalized spacial score (nSPS) is 20.8. The summed E-state index contributed by atoms with van der Waals surface area (Å²) in [6.45, 7) is 3.36. The molecule has 1 aliphatic heterocycles. The summed E-state index contributed by atoms with van der Waals surface area (Å²) in [5, 5.41) is 2.11. The van der Waals surface area contributed by atoms with Gasteiger partial charge >= 0.3 is 0 Å². The van der Waals surface area contributed by atoms with Crippen molar-refractivity contribution in [3.8, 4) is 5.75 Å². The molecule has 0 N–H and O–H groups in total. The van der Waals surface area contributed by atoms with Crippen LogP contribution in [0.1, 0.15) is 60.6 Å². The summed E-state index contributed by atoms with van der Waals surface area (Å²) in [4.78, 5) is 31.9. The van der Waals surface area contributed by atoms with Crippen LogP contribution in [0.4, 0.5) is 0 Å². The fourth-order valence-corrected chi connectivity index (χ4v) is 6.11. The summed E-state index contributed by atoms with van der Waals surface area (Å²) in [6, 6.07) is 10.3. The number of benzene rings is 1. The fourth-order valence-electron chi connectivity index (χ4n) is 5.18. The van der Waals surface area contributed by atoms with Crippen LogP contribution in [-0.2, 0) is 16.0 Å². The Morgan fingerprint density at radius 2 is 1.91 bits per heavy atom. The number of para-hydroxylation sites is 1. The van der Waals surface area contributed by atoms with E-state index in [1.807, 2.05) is 41.0 Å². The molecule has 1 atom stereocenters. The smallest absolute Gasteiger partial charge is 0.242 e. The van der Waals surface area contributed by atoms with Crippen LogP contribution in [0.25, 0.3) is 0 Å². The van der Waals surface area contributed by atoms with E-state index in [0.717, 1.165) is 56.3 Å². The number of rotatable bonds is 7. The minimum absolute atomic E-state index is 0.0541. The fraction of sp³-hybridized carbons (Fsp3) is 0.538. The lowest BCUT2D eigenvalue weighted by molar-refractivity contribution is -0.145. The molecule has 2 amide bonds. The Morgan fingerprint density at radius 3 is 2.66 bits per heavy atom. The van der Waals surface area contributed by atoms with Crippen molar-refractivity contribution in [2.45, 2.75) is 64.0 Å². The molecule has 0 saturated heterocycles. The molecule has 6 heteroatoms. The van der Waals surface area contributed by atoms with E-state index in [1.54, 1.807) is 11.3 Å². The number of amides is 2. The summed E-state index contributed by atoms with van der Waals surface area (Å²) < 4.78 is 6.21. The van der Waals surface area contributed by atoms with Gasteiger partial charge in [0.1, 0.15) is 18.9 Å². The molecule has 0 bridgehead atoms. The molecule has 2 aromatic rings. The maximum atomic E-state index is 13.6. The number of aryl methyl sites for hydroxylation is 1. The Hall–Kier alpha value is -2.34. The van der Waals surface area contributed by atoms with Gasteiger partial charge in [-0.1, -0.05) is 31.0 Å². The lowest BCUT2D eigenvalue weighted by atomic mass is 10.00. The van der Waals surface area contributed by atoms with Crippen molar-refractivity contribution in [2.24, 2.45) is 5.92 Å². The first-order chi connectivity index (χ1) is 15.6. The number of carbonyl (C=O) groups excluding carboxylic acids is 2. The van der Waals surface area contributed by atoms with Crippen molar-refractivity contribution in [1.82, 2.24) is 9.80 Å². The van der Waals surface area contributed by atoms with Gasteiger partial charge < -0.3 is 14.5 Å². The Morgan fingerprint density at radius 1 is 1.12 bits per heavy atom. The molecule has 32 heavy (non-hydrogen) atoms. The predicted molar refractivity (Wildman–Crippen MR) is 126 cm³/mol. The van der Waals surface area contributed by atoms with Gasteiger partial charge in [0, 0.05) is 23.4 Å². The zero-order chi connectivity index (χ0) is 22.1. The van der Waals surface area contributed by atoms with Crippen LogP contribution in [0.2, 0.25) is 0 Å². The molecule has 3 aliphatic rings. The van der Waals surface area contributed by atoms with Crippen LogP contribution >= 0.6 is 11.3 Å². The molecule has 2 saturated carbocycles. The highest BCUT2D eigenvalue weighted by Gasteiger charge is 2.40. The van der Waals surface area contributed by atoms with Crippen molar-refractivity contribution in [3.05, 3.63) is 51.7 Å². The number of carbonyl (C=O) groups is 2. The monoisotopic (exact) mass is 452 g/mol. The Bertz CT molecular complexity index is 977. The van der Waals surface area contributed by atoms with Crippen LogP contribution in [0, 0.1) is 12.8 Å². The average molecular weight is 453 g/mol. The molecule has 0 unspecified atom stereocenters. The van der Waals surface area contributed by atoms with E-state index in [1.165, 1.54) is 10.4 Å². The van der Waals surface area contributed by atoms with Crippen molar-refractivity contribution in [3.63, 3.8) is 0 Å². The van der Waals surface area contributed by atoms with Crippen LogP contribution < -0.4 is 4.74 Å². The zero-order valence-corrected chi connectivity index (χ0v) is 19.6. The van der Waals surface area contributed by atoms with E-state index in [9.17, 15) is 9.59 Å². The van der Waals surface area contributed by atoms with E-state index in [0.29, 0.717) is 13.2 Å². The highest BCUT2D eigenvalue weighted by Crippen LogP contribution is 2.36. The summed E-state index contributed by atoms with van der Waals surface area (Å²) in [5.74, 6) is 1.24. The zero-order valence-electron chi connectivity index (χ0n) is 18.8. The second kappa shape index (κ2) is 9.26. The molecule has 0 spiro atoms. The number of hydrogen-bond donors (Lipinski definition) is 0. The van der Waals surface area contributed by atoms with Gasteiger partial charge in [0.15, 0.2) is 0 Å². The first-order valence-corrected chi connectivity index (χ1v) is 12.8. The van der Waals surface area contributed by atoms with Gasteiger partial charge in [0.2, 0.25) is 11.8 Å². The van der Waals surface area contributed by atoms with Crippen molar-refractivity contribution < 1.29 is 14.3 Å². The quantitative estimate of drug-likeness (QED) is 0.610. The highest BCUT2D eigenvalue weighted by atomic mass is 32.1. The predicted octanol–water partition coefficient (Wildman–Crippen LogP) is 4.74. The van der Waals surface area contributed by atoms with Crippen LogP contribution in [0.5, 0.6) is 5.75 Å². The van der Waals surface area contributed by atoms with Crippen molar-refractivity contribution in [1.29, 1.82) is 0 Å². The highest BCUT2D eigenvalue weighted by molar-refractivity contribution is 7.10. The van der Waals surface area contributed by atoms with Gasteiger partial charge in [0.05, 0.1) is 6.04 Å². The van der Waals surface area contributed by atoms with E-state index in [2.05, 4.69) is 11.4 Å². The minimum atomic E-state index is -0.111. The molecular weight excluding hydrogens is 420 g/mol. The van der Waals surface area contributed by atoms with Gasteiger partial charge in [-0.2, -0.15) is 0 Å². The third-order valence-electron chi connectivity index (χ3n) is 7.19. The Balaban J connectivity index is 1.32. The third-order valence-corrected chi connectivity index (χ3v) is 8.18. The SMILES string of the molecule is Cc1ccccc1OC[C@H]1c2ccsc2CCN1C(=O)CN(C(=O)C1CCCC1)C1CC1. The molecule has 170 valence electrons. The average Bonchev–Trinajstić information content (AvgIpc) is 3.28. The van der Waals surface area contributed by atoms with Crippen LogP contribution in [0.3, 0.4) is 0 Å². The summed E-state index contributed by atoms with van der Waals surface area (Å²) in [5.41, 5.74) is 2.29. The number of thiophene rings is 1. The first-order valence-electron chi connectivity index (χ1n) is 12.0. The van der Waals surface area contributed by atoms with Crippen molar-refractivity contribution >= 4 is 23.2 Å². The second-order valence-corrected chi connectivity index (χ2v) is 10.4. The van der Waals surface area contributed by atoms with Gasteiger partial charge in [-0.25, -0.2) is 0 Å². The maximum Gasteiger partial charge on any atom is 0.242 e. The summed E-state index contributed by atoms with van der Waals surface area (Å²) >= 11 is 1.76. The standard InChI is InChI=1S/C26H32N2O3S/c1-18-6-2-5-9-23(18)31-17-22-21-13-15-32-24(21)12-14-27(22)25(29)16-28(20-10-11-20)26(30)19-7-3-4-8-19/h2,5-6,9,13,15,19-20,22H,3-4,7-8,10-12,14,16-17H2,1H3/t22-/m0/s1. The second-order valence-electron chi connectivity index (χ2n) is 9.41. The van der Waals surface area contributed by atoms with Gasteiger partial charge in [-0.15, -0.1) is 11.3 Å². The Labute approximate surface area is 194 Å². The molecule has 0 radical (unpaired) electrons. The summed E-state index contributed by atoms with van der Waals surface area (Å²) in [7, 11) is 0. The lowest BCUT2D eigenvalue weighted by Gasteiger charge is -2.37. The molecule has 5 nitrogen and oxygen atoms in total. The number of hydrogen-bond acceptors (Lipinski definition) is 4. The third kappa shape index (κ3) is 4.42. The topological polar surface area (TPSA) is 49.9 Å². The van der Waals surface area contributed by atoms with E-state index < -0.39 is 0 Å². The van der Waals surface area contributed by atoms with Crippen molar-refractivity contribution in [2.75, 3.05) is 19.7 Å². The number of nitrogens with zero attached hydrogens (tertiary/aromatic N) is 2. The first kappa shape index (κ1) is 21.5. The Kier molecular flexibility index (Phi) is 6.22. The lowest BCUT2D eigenvalue weighted by Crippen LogP contribution is -2.49. The maximum absolute atomic E-state index is 13.6. The molecule has 5 rings (SSSR count). The number of ether oxygens (including phenoxy) is 1. The van der Waals surface area contributed by atoms with E-state index in [-0.39, 0.29) is 36.4 Å². The van der Waals surface area contributed by atoms with Crippen LogP contribution in [-0.4, -0.2) is 47.4 Å². The molecule has 1 aromatic heterocycles. The molecule has 1 aromatic carbocycles. The molecule has 2 heterocycles. The molecule has 2 aliphatic carbocycles. The van der Waals surface area contributed by atoms with Gasteiger partial charge in [-0.3, -0.25) is 9.59 Å². The van der Waals surface area contributed by atoms with Crippen LogP contribution in [0.15, 0.2) is 35.7 Å². The van der Waals surface area contributed by atoms with E-state index >= 15 is 0 Å². The molecular formula is C26H32N2O3S. The van der Waals surface area contributed by atoms with Gasteiger partial charge in [0.25, 0.3) is 0 Å². The summed E-state index contributed by atoms with van der Waals surface area (Å²) in [6.07, 6.45) is 7.15. The molecule has 2 fully saturated rings. The minimum Gasteiger partial charge on any atom is -0.491 e. The number of fused-ring (bicyclic) bond motifs is 1. The largest absolute Gasteiger partial charge is 0.491 e.